The zero-order valence-electron chi connectivity index (χ0n) is 5.83. The lowest BCUT2D eigenvalue weighted by atomic mass is 10.4. The Morgan fingerprint density at radius 3 is 2.56 bits per heavy atom. The van der Waals surface area contributed by atoms with Crippen molar-refractivity contribution < 1.29 is 0 Å². The van der Waals surface area contributed by atoms with Gasteiger partial charge in [-0.2, -0.15) is 0 Å². The average Bonchev–Trinajstić information content (AvgIpc) is 1.63. The Morgan fingerprint density at radius 2 is 2.22 bits per heavy atom. The van der Waals surface area contributed by atoms with E-state index in [1.165, 1.54) is 0 Å². The summed E-state index contributed by atoms with van der Waals surface area (Å²) >= 11 is 0. The summed E-state index contributed by atoms with van der Waals surface area (Å²) in [6.07, 6.45) is 3.39. The van der Waals surface area contributed by atoms with Crippen LogP contribution in [0.1, 0.15) is 13.8 Å². The van der Waals surface area contributed by atoms with Gasteiger partial charge in [0.1, 0.15) is 0 Å². The molecule has 0 aliphatic carbocycles. The van der Waals surface area contributed by atoms with Crippen molar-refractivity contribution >= 4 is 5.84 Å². The van der Waals surface area contributed by atoms with E-state index in [0.29, 0.717) is 5.84 Å². The Kier molecular flexibility index (Phi) is 3.71. The van der Waals surface area contributed by atoms with Gasteiger partial charge in [-0.25, -0.2) is 4.99 Å². The minimum absolute atomic E-state index is 0.0492. The van der Waals surface area contributed by atoms with Crippen molar-refractivity contribution in [2.45, 2.75) is 19.9 Å². The summed E-state index contributed by atoms with van der Waals surface area (Å²) in [6, 6.07) is 0.0492. The van der Waals surface area contributed by atoms with Gasteiger partial charge >= 0.3 is 0 Å². The van der Waals surface area contributed by atoms with E-state index < -0.39 is 0 Å². The van der Waals surface area contributed by atoms with Gasteiger partial charge in [0.25, 0.3) is 0 Å². The summed E-state index contributed by atoms with van der Waals surface area (Å²) in [4.78, 5) is 3.80. The van der Waals surface area contributed by atoms with E-state index >= 15 is 0 Å². The minimum Gasteiger partial charge on any atom is -0.387 e. The average molecular weight is 127 g/mol. The van der Waals surface area contributed by atoms with Gasteiger partial charge in [-0.1, -0.05) is 0 Å². The van der Waals surface area contributed by atoms with E-state index in [-0.39, 0.29) is 6.04 Å². The fourth-order valence-corrected chi connectivity index (χ4v) is 0.296. The van der Waals surface area contributed by atoms with Gasteiger partial charge in [0.05, 0.1) is 5.84 Å². The quantitative estimate of drug-likeness (QED) is 0.412. The molecule has 0 aromatic rings. The van der Waals surface area contributed by atoms with Crippen LogP contribution in [0.15, 0.2) is 17.3 Å². The van der Waals surface area contributed by atoms with E-state index in [1.54, 1.807) is 19.2 Å². The molecule has 3 heteroatoms. The first-order valence-corrected chi connectivity index (χ1v) is 2.85. The normalized spacial score (nSPS) is 16.6. The lowest BCUT2D eigenvalue weighted by Gasteiger charge is -1.90. The monoisotopic (exact) mass is 127 g/mol. The fourth-order valence-electron chi connectivity index (χ4n) is 0.296. The lowest BCUT2D eigenvalue weighted by Crippen LogP contribution is -2.10. The molecule has 0 fully saturated rings. The van der Waals surface area contributed by atoms with Gasteiger partial charge in [0, 0.05) is 12.2 Å². The highest BCUT2D eigenvalue weighted by atomic mass is 14.8. The van der Waals surface area contributed by atoms with Crippen LogP contribution in [0.25, 0.3) is 0 Å². The van der Waals surface area contributed by atoms with E-state index in [2.05, 4.69) is 4.99 Å². The Balaban J connectivity index is 3.60. The molecule has 0 radical (unpaired) electrons. The zero-order valence-corrected chi connectivity index (χ0v) is 5.83. The third-order valence-electron chi connectivity index (χ3n) is 0.668. The number of hydrogen-bond donors (Lipinski definition) is 2. The van der Waals surface area contributed by atoms with Crippen molar-refractivity contribution in [2.24, 2.45) is 16.5 Å². The molecular formula is C6H13N3. The molecule has 0 aromatic carbocycles. The molecule has 0 saturated carbocycles. The predicted octanol–water partition coefficient (Wildman–Crippen LogP) is 0.224. The maximum atomic E-state index is 5.38. The molecule has 0 aliphatic heterocycles. The molecule has 0 saturated heterocycles. The summed E-state index contributed by atoms with van der Waals surface area (Å²) in [5.74, 6) is 0.548. The smallest absolute Gasteiger partial charge is 0.0957 e. The number of aliphatic imine (C=N–C) groups is 1. The molecule has 0 rings (SSSR count). The largest absolute Gasteiger partial charge is 0.387 e. The van der Waals surface area contributed by atoms with E-state index in [9.17, 15) is 0 Å². The second-order valence-electron chi connectivity index (χ2n) is 1.97. The maximum Gasteiger partial charge on any atom is 0.0957 e. The maximum absolute atomic E-state index is 5.38. The number of nitrogens with two attached hydrogens (primary N) is 2. The van der Waals surface area contributed by atoms with Crippen LogP contribution in [-0.2, 0) is 0 Å². The minimum atomic E-state index is 0.0492. The summed E-state index contributed by atoms with van der Waals surface area (Å²) in [5, 5.41) is 0. The second-order valence-corrected chi connectivity index (χ2v) is 1.97. The number of rotatable bonds is 2. The first-order valence-electron chi connectivity index (χ1n) is 2.85. The highest BCUT2D eigenvalue weighted by Gasteiger charge is 1.79. The molecule has 1 unspecified atom stereocenters. The van der Waals surface area contributed by atoms with Crippen molar-refractivity contribution in [1.29, 1.82) is 0 Å². The Hall–Kier alpha value is -0.830. The predicted molar refractivity (Wildman–Crippen MR) is 40.1 cm³/mol. The molecule has 9 heavy (non-hydrogen) atoms. The van der Waals surface area contributed by atoms with Crippen LogP contribution in [0.5, 0.6) is 0 Å². The summed E-state index contributed by atoms with van der Waals surface area (Å²) in [7, 11) is 0. The molecule has 52 valence electrons. The van der Waals surface area contributed by atoms with Crippen molar-refractivity contribution in [1.82, 2.24) is 0 Å². The highest BCUT2D eigenvalue weighted by molar-refractivity contribution is 5.77. The second kappa shape index (κ2) is 4.09. The molecule has 1 atom stereocenters. The molecule has 0 bridgehead atoms. The van der Waals surface area contributed by atoms with Gasteiger partial charge in [0.15, 0.2) is 0 Å². The first-order chi connectivity index (χ1) is 4.13. The van der Waals surface area contributed by atoms with Gasteiger partial charge in [-0.3, -0.25) is 0 Å². The van der Waals surface area contributed by atoms with Gasteiger partial charge in [-0.15, -0.1) is 0 Å². The van der Waals surface area contributed by atoms with Crippen LogP contribution in [0, 0.1) is 0 Å². The number of hydrogen-bond acceptors (Lipinski definition) is 2. The van der Waals surface area contributed by atoms with Crippen molar-refractivity contribution in [3.05, 3.63) is 12.3 Å². The molecule has 4 N–H and O–H groups in total. The Bertz CT molecular complexity index is 120. The van der Waals surface area contributed by atoms with Crippen molar-refractivity contribution in [2.75, 3.05) is 0 Å². The summed E-state index contributed by atoms with van der Waals surface area (Å²) in [5.41, 5.74) is 10.6. The molecule has 0 aliphatic rings. The van der Waals surface area contributed by atoms with Gasteiger partial charge < -0.3 is 11.5 Å². The van der Waals surface area contributed by atoms with Crippen LogP contribution in [0.2, 0.25) is 0 Å². The standard InChI is InChI=1S/C6H13N3/c1-5(7)3-4-9-6(2)8/h3-5H,7H2,1-2H3,(H2,8,9)/b4-3-. The molecular weight excluding hydrogens is 114 g/mol. The molecule has 3 nitrogen and oxygen atoms in total. The fraction of sp³-hybridized carbons (Fsp3) is 0.500. The number of amidine groups is 1. The summed E-state index contributed by atoms with van der Waals surface area (Å²) < 4.78 is 0. The molecule has 0 aromatic heterocycles. The van der Waals surface area contributed by atoms with Gasteiger partial charge in [-0.05, 0) is 19.9 Å². The van der Waals surface area contributed by atoms with Gasteiger partial charge in [0.2, 0.25) is 0 Å². The lowest BCUT2D eigenvalue weighted by molar-refractivity contribution is 0.923. The SMILES string of the molecule is CC(N)=N/C=C\C(C)N. The van der Waals surface area contributed by atoms with Crippen LogP contribution >= 0.6 is 0 Å². The third-order valence-corrected chi connectivity index (χ3v) is 0.668. The first kappa shape index (κ1) is 8.17. The zero-order chi connectivity index (χ0) is 7.28. The number of nitrogens with zero attached hydrogens (tertiary/aromatic N) is 1. The Labute approximate surface area is 55.4 Å². The van der Waals surface area contributed by atoms with Crippen LogP contribution in [0.4, 0.5) is 0 Å². The van der Waals surface area contributed by atoms with Crippen molar-refractivity contribution in [3.8, 4) is 0 Å². The van der Waals surface area contributed by atoms with E-state index in [1.807, 2.05) is 6.92 Å². The summed E-state index contributed by atoms with van der Waals surface area (Å²) in [6.45, 7) is 3.60. The van der Waals surface area contributed by atoms with E-state index in [4.69, 9.17) is 11.5 Å². The topological polar surface area (TPSA) is 64.4 Å². The van der Waals surface area contributed by atoms with Crippen LogP contribution in [0.3, 0.4) is 0 Å². The van der Waals surface area contributed by atoms with Crippen LogP contribution in [-0.4, -0.2) is 11.9 Å². The molecule has 0 heterocycles. The van der Waals surface area contributed by atoms with E-state index in [0.717, 1.165) is 0 Å². The molecule has 0 amide bonds. The highest BCUT2D eigenvalue weighted by Crippen LogP contribution is 1.79. The third kappa shape index (κ3) is 7.17. The molecule has 0 spiro atoms. The Morgan fingerprint density at radius 1 is 1.67 bits per heavy atom. The van der Waals surface area contributed by atoms with Crippen molar-refractivity contribution in [3.63, 3.8) is 0 Å². The van der Waals surface area contributed by atoms with Crippen LogP contribution < -0.4 is 11.5 Å².